The molecule has 0 atom stereocenters. The molecule has 0 aliphatic heterocycles. The Morgan fingerprint density at radius 1 is 0.966 bits per heavy atom. The fourth-order valence-electron chi connectivity index (χ4n) is 2.55. The van der Waals surface area contributed by atoms with Gasteiger partial charge >= 0.3 is 5.97 Å². The lowest BCUT2D eigenvalue weighted by Gasteiger charge is -2.11. The van der Waals surface area contributed by atoms with Crippen molar-refractivity contribution in [3.63, 3.8) is 0 Å². The van der Waals surface area contributed by atoms with Crippen LogP contribution in [0.25, 0.3) is 6.08 Å². The Morgan fingerprint density at radius 2 is 1.66 bits per heavy atom. The van der Waals surface area contributed by atoms with E-state index in [1.54, 1.807) is 48.5 Å². The highest BCUT2D eigenvalue weighted by Gasteiger charge is 2.13. The fraction of sp³-hybridized carbons (Fsp3) is 0. The van der Waals surface area contributed by atoms with E-state index in [9.17, 15) is 19.7 Å². The average molecular weight is 388 g/mol. The molecule has 7 heteroatoms. The van der Waals surface area contributed by atoms with E-state index in [-0.39, 0.29) is 17.0 Å². The highest BCUT2D eigenvalue weighted by atomic mass is 16.6. The number of nitro benzene ring substituents is 1. The van der Waals surface area contributed by atoms with Gasteiger partial charge in [0.1, 0.15) is 5.75 Å². The highest BCUT2D eigenvalue weighted by Crippen LogP contribution is 2.25. The third-order valence-electron chi connectivity index (χ3n) is 4.05. The van der Waals surface area contributed by atoms with Gasteiger partial charge in [-0.25, -0.2) is 4.79 Å². The van der Waals surface area contributed by atoms with Crippen molar-refractivity contribution in [2.75, 3.05) is 5.32 Å². The van der Waals surface area contributed by atoms with Crippen LogP contribution in [0.2, 0.25) is 0 Å². The van der Waals surface area contributed by atoms with E-state index in [1.807, 2.05) is 0 Å². The van der Waals surface area contributed by atoms with Gasteiger partial charge in [0.25, 0.3) is 11.6 Å². The first kappa shape index (κ1) is 19.5. The predicted molar refractivity (Wildman–Crippen MR) is 109 cm³/mol. The molecule has 3 aromatic carbocycles. The molecular weight excluding hydrogens is 372 g/mol. The smallest absolute Gasteiger partial charge is 0.343 e. The molecule has 0 unspecified atom stereocenters. The number of nitrogens with one attached hydrogen (secondary N) is 1. The Balaban J connectivity index is 1.80. The maximum Gasteiger partial charge on any atom is 0.343 e. The third kappa shape index (κ3) is 4.72. The quantitative estimate of drug-likeness (QED) is 0.285. The summed E-state index contributed by atoms with van der Waals surface area (Å²) in [7, 11) is 0. The number of non-ortho nitro benzene ring substituents is 1. The maximum absolute atomic E-state index is 12.5. The number of esters is 1. The van der Waals surface area contributed by atoms with E-state index in [4.69, 9.17) is 4.74 Å². The van der Waals surface area contributed by atoms with E-state index in [2.05, 4.69) is 11.9 Å². The number of carbonyl (C=O) groups excluding carboxylic acids is 2. The normalized spacial score (nSPS) is 10.1. The molecule has 1 N–H and O–H groups in total. The van der Waals surface area contributed by atoms with E-state index in [1.165, 1.54) is 30.3 Å². The van der Waals surface area contributed by atoms with Gasteiger partial charge in [-0.3, -0.25) is 14.9 Å². The number of nitrogens with zero attached hydrogens (tertiary/aromatic N) is 1. The fourth-order valence-corrected chi connectivity index (χ4v) is 2.55. The number of rotatable bonds is 6. The molecule has 0 bridgehead atoms. The van der Waals surface area contributed by atoms with Crippen molar-refractivity contribution in [1.29, 1.82) is 0 Å². The summed E-state index contributed by atoms with van der Waals surface area (Å²) in [5, 5.41) is 13.4. The molecule has 0 saturated carbocycles. The maximum atomic E-state index is 12.5. The van der Waals surface area contributed by atoms with Crippen molar-refractivity contribution in [1.82, 2.24) is 0 Å². The molecule has 0 saturated heterocycles. The standard InChI is InChI=1S/C22H16N2O5/c1-2-15-10-13-19(29-22(26)17-6-4-3-5-7-17)14-20(15)23-21(25)16-8-11-18(12-9-16)24(27)28/h2-14H,1H2,(H,23,25). The zero-order valence-corrected chi connectivity index (χ0v) is 15.2. The van der Waals surface area contributed by atoms with Crippen molar-refractivity contribution in [2.45, 2.75) is 0 Å². The van der Waals surface area contributed by atoms with Crippen LogP contribution in [0, 0.1) is 10.1 Å². The molecule has 0 fully saturated rings. The van der Waals surface area contributed by atoms with Crippen LogP contribution >= 0.6 is 0 Å². The second-order valence-corrected chi connectivity index (χ2v) is 5.97. The molecule has 7 nitrogen and oxygen atoms in total. The molecule has 0 aliphatic rings. The zero-order valence-electron chi connectivity index (χ0n) is 15.2. The first-order valence-electron chi connectivity index (χ1n) is 8.57. The van der Waals surface area contributed by atoms with Crippen LogP contribution in [0.3, 0.4) is 0 Å². The van der Waals surface area contributed by atoms with Crippen molar-refractivity contribution >= 4 is 29.3 Å². The first-order chi connectivity index (χ1) is 14.0. The summed E-state index contributed by atoms with van der Waals surface area (Å²) in [6.45, 7) is 3.71. The summed E-state index contributed by atoms with van der Waals surface area (Å²) in [4.78, 5) is 34.9. The number of amides is 1. The van der Waals surface area contributed by atoms with Crippen molar-refractivity contribution < 1.29 is 19.2 Å². The number of nitro groups is 1. The van der Waals surface area contributed by atoms with Gasteiger partial charge in [0.05, 0.1) is 16.2 Å². The van der Waals surface area contributed by atoms with E-state index in [0.717, 1.165) is 0 Å². The lowest BCUT2D eigenvalue weighted by molar-refractivity contribution is -0.384. The van der Waals surface area contributed by atoms with Gasteiger partial charge in [0, 0.05) is 23.8 Å². The summed E-state index contributed by atoms with van der Waals surface area (Å²) in [5.41, 5.74) is 1.55. The summed E-state index contributed by atoms with van der Waals surface area (Å²) in [6.07, 6.45) is 1.55. The lowest BCUT2D eigenvalue weighted by Crippen LogP contribution is -2.13. The SMILES string of the molecule is C=Cc1ccc(OC(=O)c2ccccc2)cc1NC(=O)c1ccc([N+](=O)[O-])cc1. The Labute approximate surface area is 166 Å². The van der Waals surface area contributed by atoms with Gasteiger partial charge in [-0.1, -0.05) is 30.9 Å². The summed E-state index contributed by atoms with van der Waals surface area (Å²) >= 11 is 0. The van der Waals surface area contributed by atoms with Gasteiger partial charge in [-0.05, 0) is 42.0 Å². The van der Waals surface area contributed by atoms with Crippen LogP contribution in [0.5, 0.6) is 5.75 Å². The van der Waals surface area contributed by atoms with Crippen LogP contribution in [0.4, 0.5) is 11.4 Å². The second kappa shape index (κ2) is 8.62. The molecule has 3 aromatic rings. The number of hydrogen-bond donors (Lipinski definition) is 1. The van der Waals surface area contributed by atoms with Gasteiger partial charge < -0.3 is 10.1 Å². The predicted octanol–water partition coefficient (Wildman–Crippen LogP) is 4.71. The Bertz CT molecular complexity index is 1080. The first-order valence-corrected chi connectivity index (χ1v) is 8.57. The Morgan fingerprint density at radius 3 is 2.28 bits per heavy atom. The molecule has 29 heavy (non-hydrogen) atoms. The average Bonchev–Trinajstić information content (AvgIpc) is 2.74. The molecule has 144 valence electrons. The van der Waals surface area contributed by atoms with Crippen molar-refractivity contribution in [3.8, 4) is 5.75 Å². The van der Waals surface area contributed by atoms with Crippen LogP contribution in [0.15, 0.2) is 79.4 Å². The Kier molecular flexibility index (Phi) is 5.80. The van der Waals surface area contributed by atoms with E-state index >= 15 is 0 Å². The molecule has 0 heterocycles. The number of hydrogen-bond acceptors (Lipinski definition) is 5. The summed E-state index contributed by atoms with van der Waals surface area (Å²) < 4.78 is 5.37. The lowest BCUT2D eigenvalue weighted by atomic mass is 10.1. The molecule has 0 aliphatic carbocycles. The number of anilines is 1. The molecule has 1 amide bonds. The van der Waals surface area contributed by atoms with Gasteiger partial charge in [-0.2, -0.15) is 0 Å². The second-order valence-electron chi connectivity index (χ2n) is 5.97. The van der Waals surface area contributed by atoms with E-state index < -0.39 is 16.8 Å². The monoisotopic (exact) mass is 388 g/mol. The molecule has 0 spiro atoms. The minimum atomic E-state index is -0.540. The Hall–Kier alpha value is -4.26. The zero-order chi connectivity index (χ0) is 20.8. The largest absolute Gasteiger partial charge is 0.423 e. The van der Waals surface area contributed by atoms with Crippen LogP contribution in [0.1, 0.15) is 26.3 Å². The minimum absolute atomic E-state index is 0.108. The van der Waals surface area contributed by atoms with E-state index in [0.29, 0.717) is 16.8 Å². The molecular formula is C22H16N2O5. The van der Waals surface area contributed by atoms with Gasteiger partial charge in [0.15, 0.2) is 0 Å². The van der Waals surface area contributed by atoms with Crippen LogP contribution < -0.4 is 10.1 Å². The van der Waals surface area contributed by atoms with Gasteiger partial charge in [-0.15, -0.1) is 0 Å². The van der Waals surface area contributed by atoms with Crippen molar-refractivity contribution in [3.05, 3.63) is 106 Å². The topological polar surface area (TPSA) is 98.5 Å². The van der Waals surface area contributed by atoms with Crippen molar-refractivity contribution in [2.24, 2.45) is 0 Å². The molecule has 0 radical (unpaired) electrons. The summed E-state index contributed by atoms with van der Waals surface area (Å²) in [6, 6.07) is 18.5. The number of carbonyl (C=O) groups is 2. The molecule has 3 rings (SSSR count). The van der Waals surface area contributed by atoms with Gasteiger partial charge in [0.2, 0.25) is 0 Å². The summed E-state index contributed by atoms with van der Waals surface area (Å²) in [5.74, 6) is -0.734. The minimum Gasteiger partial charge on any atom is -0.423 e. The highest BCUT2D eigenvalue weighted by molar-refractivity contribution is 6.05. The van der Waals surface area contributed by atoms with Crippen LogP contribution in [-0.2, 0) is 0 Å². The number of benzene rings is 3. The molecule has 0 aromatic heterocycles. The van der Waals surface area contributed by atoms with Crippen LogP contribution in [-0.4, -0.2) is 16.8 Å². The third-order valence-corrected chi connectivity index (χ3v) is 4.05. The number of ether oxygens (including phenoxy) is 1.